The second-order valence-corrected chi connectivity index (χ2v) is 5.68. The summed E-state index contributed by atoms with van der Waals surface area (Å²) in [5.41, 5.74) is 1.98. The van der Waals surface area contributed by atoms with E-state index in [0.29, 0.717) is 0 Å². The van der Waals surface area contributed by atoms with Gasteiger partial charge in [0.2, 0.25) is 0 Å². The van der Waals surface area contributed by atoms with Crippen LogP contribution in [0.5, 0.6) is 0 Å². The number of pyridine rings is 1. The summed E-state index contributed by atoms with van der Waals surface area (Å²) in [6.07, 6.45) is 5.79. The van der Waals surface area contributed by atoms with E-state index in [1.807, 2.05) is 12.3 Å². The number of nitrogens with zero attached hydrogens (tertiary/aromatic N) is 2. The molecule has 2 heterocycles. The first kappa shape index (κ1) is 12.1. The molecule has 98 valence electrons. The minimum atomic E-state index is -0.523. The molecule has 1 N–H and O–H groups in total. The smallest absolute Gasteiger partial charge is 0.0755 e. The first-order valence-corrected chi connectivity index (χ1v) is 7.11. The zero-order valence-corrected chi connectivity index (χ0v) is 11.1. The lowest BCUT2D eigenvalue weighted by Crippen LogP contribution is -2.47. The summed E-state index contributed by atoms with van der Waals surface area (Å²) in [6, 6.07) is 4.16. The Morgan fingerprint density at radius 3 is 2.94 bits per heavy atom. The van der Waals surface area contributed by atoms with E-state index in [2.05, 4.69) is 22.9 Å². The van der Waals surface area contributed by atoms with Crippen molar-refractivity contribution in [2.24, 2.45) is 0 Å². The predicted octanol–water partition coefficient (Wildman–Crippen LogP) is 1.96. The molecule has 0 spiro atoms. The van der Waals surface area contributed by atoms with Crippen molar-refractivity contribution in [2.75, 3.05) is 19.6 Å². The fourth-order valence-electron chi connectivity index (χ4n) is 3.54. The van der Waals surface area contributed by atoms with E-state index in [4.69, 9.17) is 0 Å². The van der Waals surface area contributed by atoms with Crippen LogP contribution < -0.4 is 0 Å². The maximum absolute atomic E-state index is 11.0. The zero-order valence-electron chi connectivity index (χ0n) is 11.1. The molecular formula is C15H22N2O. The van der Waals surface area contributed by atoms with Crippen molar-refractivity contribution < 1.29 is 5.11 Å². The zero-order chi connectivity index (χ0) is 12.6. The standard InChI is InChI=1S/C15H22N2O/c1-2-17-10-7-15(18,8-11-17)13-6-5-12-4-3-9-16-14(12)13/h3-4,9,13,18H,2,5-8,10-11H2,1H3. The molecule has 1 aromatic rings. The minimum absolute atomic E-state index is 0.257. The molecule has 1 saturated heterocycles. The summed E-state index contributed by atoms with van der Waals surface area (Å²) in [5, 5.41) is 11.0. The molecule has 0 saturated carbocycles. The SMILES string of the molecule is CCN1CCC(O)(C2CCc3cccnc32)CC1. The van der Waals surface area contributed by atoms with Crippen LogP contribution in [0, 0.1) is 0 Å². The molecule has 0 aromatic carbocycles. The van der Waals surface area contributed by atoms with E-state index in [-0.39, 0.29) is 5.92 Å². The molecule has 3 rings (SSSR count). The number of fused-ring (bicyclic) bond motifs is 1. The van der Waals surface area contributed by atoms with Crippen molar-refractivity contribution in [2.45, 2.75) is 44.1 Å². The lowest BCUT2D eigenvalue weighted by atomic mass is 9.78. The molecule has 0 bridgehead atoms. The van der Waals surface area contributed by atoms with Gasteiger partial charge in [0.1, 0.15) is 0 Å². The summed E-state index contributed by atoms with van der Waals surface area (Å²) in [7, 11) is 0. The van der Waals surface area contributed by atoms with Gasteiger partial charge in [-0.15, -0.1) is 0 Å². The normalized spacial score (nSPS) is 27.1. The topological polar surface area (TPSA) is 36.4 Å². The van der Waals surface area contributed by atoms with Gasteiger partial charge in [-0.1, -0.05) is 13.0 Å². The average molecular weight is 246 g/mol. The number of likely N-dealkylation sites (tertiary alicyclic amines) is 1. The molecule has 3 nitrogen and oxygen atoms in total. The van der Waals surface area contributed by atoms with Gasteiger partial charge in [-0.3, -0.25) is 4.98 Å². The highest BCUT2D eigenvalue weighted by molar-refractivity contribution is 5.31. The number of piperidine rings is 1. The summed E-state index contributed by atoms with van der Waals surface area (Å²) < 4.78 is 0. The van der Waals surface area contributed by atoms with Crippen molar-refractivity contribution in [1.29, 1.82) is 0 Å². The van der Waals surface area contributed by atoms with E-state index < -0.39 is 5.60 Å². The Hall–Kier alpha value is -0.930. The van der Waals surface area contributed by atoms with Gasteiger partial charge in [0.25, 0.3) is 0 Å². The van der Waals surface area contributed by atoms with Gasteiger partial charge in [-0.2, -0.15) is 0 Å². The first-order chi connectivity index (χ1) is 8.73. The molecule has 1 atom stereocenters. The van der Waals surface area contributed by atoms with Gasteiger partial charge in [-0.25, -0.2) is 0 Å². The number of aliphatic hydroxyl groups is 1. The average Bonchev–Trinajstić information content (AvgIpc) is 2.84. The van der Waals surface area contributed by atoms with Crippen molar-refractivity contribution in [1.82, 2.24) is 9.88 Å². The summed E-state index contributed by atoms with van der Waals surface area (Å²) in [5.74, 6) is 0.257. The van der Waals surface area contributed by atoms with Crippen LogP contribution in [-0.2, 0) is 6.42 Å². The van der Waals surface area contributed by atoms with Gasteiger partial charge < -0.3 is 10.0 Å². The van der Waals surface area contributed by atoms with Crippen LogP contribution in [0.3, 0.4) is 0 Å². The third kappa shape index (κ3) is 1.95. The maximum atomic E-state index is 11.0. The van der Waals surface area contributed by atoms with E-state index in [9.17, 15) is 5.11 Å². The third-order valence-corrected chi connectivity index (χ3v) is 4.78. The van der Waals surface area contributed by atoms with Crippen molar-refractivity contribution in [3.63, 3.8) is 0 Å². The van der Waals surface area contributed by atoms with Crippen molar-refractivity contribution in [3.05, 3.63) is 29.6 Å². The Balaban J connectivity index is 1.80. The van der Waals surface area contributed by atoms with Crippen LogP contribution in [0.15, 0.2) is 18.3 Å². The highest BCUT2D eigenvalue weighted by atomic mass is 16.3. The highest BCUT2D eigenvalue weighted by Crippen LogP contribution is 2.43. The first-order valence-electron chi connectivity index (χ1n) is 7.11. The molecule has 1 fully saturated rings. The second kappa shape index (κ2) is 4.63. The van der Waals surface area contributed by atoms with E-state index in [1.165, 1.54) is 5.56 Å². The number of hydrogen-bond donors (Lipinski definition) is 1. The molecule has 3 heteroatoms. The maximum Gasteiger partial charge on any atom is 0.0755 e. The van der Waals surface area contributed by atoms with Gasteiger partial charge >= 0.3 is 0 Å². The van der Waals surface area contributed by atoms with Gasteiger partial charge in [0, 0.05) is 30.9 Å². The van der Waals surface area contributed by atoms with Crippen LogP contribution in [0.1, 0.15) is 43.4 Å². The van der Waals surface area contributed by atoms with Crippen molar-refractivity contribution in [3.8, 4) is 0 Å². The fourth-order valence-corrected chi connectivity index (χ4v) is 3.54. The largest absolute Gasteiger partial charge is 0.389 e. The van der Waals surface area contributed by atoms with Crippen LogP contribution >= 0.6 is 0 Å². The van der Waals surface area contributed by atoms with Gasteiger partial charge in [0.05, 0.1) is 5.60 Å². The molecular weight excluding hydrogens is 224 g/mol. The Morgan fingerprint density at radius 1 is 1.44 bits per heavy atom. The number of aromatic nitrogens is 1. The molecule has 1 aromatic heterocycles. The Bertz CT molecular complexity index is 424. The lowest BCUT2D eigenvalue weighted by Gasteiger charge is -2.41. The van der Waals surface area contributed by atoms with E-state index in [0.717, 1.165) is 51.0 Å². The number of aryl methyl sites for hydroxylation is 1. The monoisotopic (exact) mass is 246 g/mol. The Kier molecular flexibility index (Phi) is 3.12. The van der Waals surface area contributed by atoms with Crippen LogP contribution in [-0.4, -0.2) is 40.2 Å². The molecule has 1 aliphatic heterocycles. The van der Waals surface area contributed by atoms with Crippen molar-refractivity contribution >= 4 is 0 Å². The van der Waals surface area contributed by atoms with Gasteiger partial charge in [0.15, 0.2) is 0 Å². The Morgan fingerprint density at radius 2 is 2.22 bits per heavy atom. The van der Waals surface area contributed by atoms with Crippen LogP contribution in [0.25, 0.3) is 0 Å². The van der Waals surface area contributed by atoms with E-state index in [1.54, 1.807) is 0 Å². The number of hydrogen-bond acceptors (Lipinski definition) is 3. The predicted molar refractivity (Wildman–Crippen MR) is 71.6 cm³/mol. The lowest BCUT2D eigenvalue weighted by molar-refractivity contribution is -0.0425. The molecule has 0 amide bonds. The quantitative estimate of drug-likeness (QED) is 0.866. The number of rotatable bonds is 2. The van der Waals surface area contributed by atoms with Crippen LogP contribution in [0.2, 0.25) is 0 Å². The second-order valence-electron chi connectivity index (χ2n) is 5.68. The molecule has 2 aliphatic rings. The molecule has 18 heavy (non-hydrogen) atoms. The summed E-state index contributed by atoms with van der Waals surface area (Å²) in [6.45, 7) is 5.32. The highest BCUT2D eigenvalue weighted by Gasteiger charge is 2.43. The molecule has 1 aliphatic carbocycles. The molecule has 1 unspecified atom stereocenters. The summed E-state index contributed by atoms with van der Waals surface area (Å²) in [4.78, 5) is 6.95. The van der Waals surface area contributed by atoms with E-state index >= 15 is 0 Å². The minimum Gasteiger partial charge on any atom is -0.389 e. The van der Waals surface area contributed by atoms with Crippen LogP contribution in [0.4, 0.5) is 0 Å². The van der Waals surface area contributed by atoms with Gasteiger partial charge in [-0.05, 0) is 43.9 Å². The summed E-state index contributed by atoms with van der Waals surface area (Å²) >= 11 is 0. The third-order valence-electron chi connectivity index (χ3n) is 4.78. The fraction of sp³-hybridized carbons (Fsp3) is 0.667. The molecule has 0 radical (unpaired) electrons. The Labute approximate surface area is 109 Å².